The molecule has 2 aromatic rings. The first-order chi connectivity index (χ1) is 8.38. The molecule has 0 aliphatic heterocycles. The average molecular weight is 281 g/mol. The summed E-state index contributed by atoms with van der Waals surface area (Å²) in [6.07, 6.45) is 0. The Bertz CT molecular complexity index is 550. The lowest BCUT2D eigenvalue weighted by Gasteiger charge is -2.19. The Morgan fingerprint density at radius 1 is 1.33 bits per heavy atom. The van der Waals surface area contributed by atoms with E-state index in [0.29, 0.717) is 10.6 Å². The smallest absolute Gasteiger partial charge is 0.342 e. The Hall–Kier alpha value is -1.33. The summed E-state index contributed by atoms with van der Waals surface area (Å²) >= 11 is 2.95. The summed E-state index contributed by atoms with van der Waals surface area (Å²) in [4.78, 5) is 13.2. The molecule has 0 bridgehead atoms. The number of carbonyl (C=O) groups excluding carboxylic acids is 1. The molecular formula is C13H15NO2S2. The van der Waals surface area contributed by atoms with Gasteiger partial charge in [-0.05, 0) is 32.2 Å². The van der Waals surface area contributed by atoms with Gasteiger partial charge in [0.25, 0.3) is 0 Å². The molecule has 0 atom stereocenters. The van der Waals surface area contributed by atoms with Gasteiger partial charge in [0.05, 0.1) is 0 Å². The maximum absolute atomic E-state index is 12.2. The van der Waals surface area contributed by atoms with Crippen LogP contribution in [0.2, 0.25) is 0 Å². The van der Waals surface area contributed by atoms with Gasteiger partial charge in [0.15, 0.2) is 0 Å². The van der Waals surface area contributed by atoms with Crippen molar-refractivity contribution in [3.63, 3.8) is 0 Å². The molecule has 3 nitrogen and oxygen atoms in total. The molecule has 2 rings (SSSR count). The molecule has 0 fully saturated rings. The van der Waals surface area contributed by atoms with E-state index in [4.69, 9.17) is 10.5 Å². The van der Waals surface area contributed by atoms with Crippen molar-refractivity contribution < 1.29 is 9.53 Å². The summed E-state index contributed by atoms with van der Waals surface area (Å²) in [7, 11) is 0. The van der Waals surface area contributed by atoms with Crippen LogP contribution in [0, 0.1) is 0 Å². The maximum atomic E-state index is 12.2. The molecule has 0 aliphatic rings. The second-order valence-corrected chi connectivity index (χ2v) is 6.73. The summed E-state index contributed by atoms with van der Waals surface area (Å²) < 4.78 is 5.39. The van der Waals surface area contributed by atoms with Crippen LogP contribution in [0.4, 0.5) is 5.00 Å². The van der Waals surface area contributed by atoms with Crippen LogP contribution < -0.4 is 5.73 Å². The first-order valence-corrected chi connectivity index (χ1v) is 7.28. The molecule has 0 radical (unpaired) electrons. The van der Waals surface area contributed by atoms with Gasteiger partial charge in [-0.2, -0.15) is 0 Å². The van der Waals surface area contributed by atoms with Gasteiger partial charge in [-0.1, -0.05) is 6.07 Å². The monoisotopic (exact) mass is 281 g/mol. The van der Waals surface area contributed by atoms with E-state index in [1.54, 1.807) is 11.3 Å². The first kappa shape index (κ1) is 13.1. The van der Waals surface area contributed by atoms with Gasteiger partial charge in [-0.25, -0.2) is 4.79 Å². The van der Waals surface area contributed by atoms with E-state index in [9.17, 15) is 4.79 Å². The maximum Gasteiger partial charge on any atom is 0.342 e. The number of esters is 1. The van der Waals surface area contributed by atoms with Crippen molar-refractivity contribution >= 4 is 33.6 Å². The zero-order valence-corrected chi connectivity index (χ0v) is 12.2. The summed E-state index contributed by atoms with van der Waals surface area (Å²) in [5.41, 5.74) is 6.72. The van der Waals surface area contributed by atoms with E-state index >= 15 is 0 Å². The van der Waals surface area contributed by atoms with Gasteiger partial charge in [0.1, 0.15) is 16.2 Å². The van der Waals surface area contributed by atoms with Crippen LogP contribution >= 0.6 is 22.7 Å². The van der Waals surface area contributed by atoms with Gasteiger partial charge >= 0.3 is 5.97 Å². The molecular weight excluding hydrogens is 266 g/mol. The van der Waals surface area contributed by atoms with Crippen molar-refractivity contribution in [2.24, 2.45) is 0 Å². The minimum atomic E-state index is -0.516. The summed E-state index contributed by atoms with van der Waals surface area (Å²) in [5, 5.41) is 4.38. The molecule has 2 aromatic heterocycles. The number of ether oxygens (including phenoxy) is 1. The standard InChI is InChI=1S/C13H15NO2S2/c1-13(2,3)16-12(15)10-8(7-18-11(10)14)9-5-4-6-17-9/h4-7H,14H2,1-3H3. The second kappa shape index (κ2) is 4.74. The molecule has 96 valence electrons. The summed E-state index contributed by atoms with van der Waals surface area (Å²) in [5.74, 6) is -0.357. The minimum Gasteiger partial charge on any atom is -0.456 e. The zero-order valence-electron chi connectivity index (χ0n) is 10.5. The van der Waals surface area contributed by atoms with Gasteiger partial charge in [-0.3, -0.25) is 0 Å². The number of nitrogen functional groups attached to an aromatic ring is 1. The Balaban J connectivity index is 2.39. The lowest BCUT2D eigenvalue weighted by atomic mass is 10.1. The van der Waals surface area contributed by atoms with Gasteiger partial charge in [-0.15, -0.1) is 22.7 Å². The Morgan fingerprint density at radius 3 is 2.61 bits per heavy atom. The van der Waals surface area contributed by atoms with Gasteiger partial charge < -0.3 is 10.5 Å². The fraction of sp³-hybridized carbons (Fsp3) is 0.308. The Morgan fingerprint density at radius 2 is 2.06 bits per heavy atom. The second-order valence-electron chi connectivity index (χ2n) is 4.87. The fourth-order valence-corrected chi connectivity index (χ4v) is 3.15. The number of carbonyl (C=O) groups is 1. The van der Waals surface area contributed by atoms with E-state index in [2.05, 4.69) is 0 Å². The number of nitrogens with two attached hydrogens (primary N) is 1. The molecule has 2 heterocycles. The predicted molar refractivity (Wildman–Crippen MR) is 77.2 cm³/mol. The van der Waals surface area contributed by atoms with Crippen molar-refractivity contribution in [1.82, 2.24) is 0 Å². The van der Waals surface area contributed by atoms with Gasteiger partial charge in [0, 0.05) is 15.8 Å². The number of rotatable bonds is 2. The zero-order chi connectivity index (χ0) is 13.3. The molecule has 2 N–H and O–H groups in total. The molecule has 0 saturated carbocycles. The minimum absolute atomic E-state index is 0.357. The molecule has 18 heavy (non-hydrogen) atoms. The highest BCUT2D eigenvalue weighted by molar-refractivity contribution is 7.16. The van der Waals surface area contributed by atoms with E-state index in [1.165, 1.54) is 11.3 Å². The lowest BCUT2D eigenvalue weighted by molar-refractivity contribution is 0.00722. The Labute approximate surface area is 114 Å². The van der Waals surface area contributed by atoms with Crippen molar-refractivity contribution in [3.8, 4) is 10.4 Å². The summed E-state index contributed by atoms with van der Waals surface area (Å²) in [6, 6.07) is 3.92. The van der Waals surface area contributed by atoms with E-state index in [-0.39, 0.29) is 5.97 Å². The molecule has 0 spiro atoms. The highest BCUT2D eigenvalue weighted by atomic mass is 32.1. The highest BCUT2D eigenvalue weighted by Gasteiger charge is 2.24. The number of anilines is 1. The molecule has 5 heteroatoms. The topological polar surface area (TPSA) is 52.3 Å². The largest absolute Gasteiger partial charge is 0.456 e. The SMILES string of the molecule is CC(C)(C)OC(=O)c1c(-c2cccs2)csc1N. The normalized spacial score (nSPS) is 11.5. The molecule has 0 aromatic carbocycles. The van der Waals surface area contributed by atoms with Crippen LogP contribution in [0.15, 0.2) is 22.9 Å². The van der Waals surface area contributed by atoms with E-state index in [0.717, 1.165) is 10.4 Å². The third kappa shape index (κ3) is 2.73. The van der Waals surface area contributed by atoms with Crippen LogP contribution in [0.1, 0.15) is 31.1 Å². The Kier molecular flexibility index (Phi) is 3.45. The average Bonchev–Trinajstić information content (AvgIpc) is 2.82. The summed E-state index contributed by atoms with van der Waals surface area (Å²) in [6.45, 7) is 5.54. The van der Waals surface area contributed by atoms with Crippen molar-refractivity contribution in [2.45, 2.75) is 26.4 Å². The van der Waals surface area contributed by atoms with Crippen LogP contribution in [-0.4, -0.2) is 11.6 Å². The number of thiophene rings is 2. The van der Waals surface area contributed by atoms with Crippen LogP contribution in [0.3, 0.4) is 0 Å². The fourth-order valence-electron chi connectivity index (χ4n) is 1.53. The van der Waals surface area contributed by atoms with Gasteiger partial charge in [0.2, 0.25) is 0 Å². The molecule has 0 unspecified atom stereocenters. The van der Waals surface area contributed by atoms with Crippen molar-refractivity contribution in [1.29, 1.82) is 0 Å². The predicted octanol–water partition coefficient (Wildman–Crippen LogP) is 4.01. The van der Waals surface area contributed by atoms with E-state index in [1.807, 2.05) is 43.7 Å². The quantitative estimate of drug-likeness (QED) is 0.846. The lowest BCUT2D eigenvalue weighted by Crippen LogP contribution is -2.24. The van der Waals surface area contributed by atoms with Crippen LogP contribution in [-0.2, 0) is 4.74 Å². The first-order valence-electron chi connectivity index (χ1n) is 5.52. The highest BCUT2D eigenvalue weighted by Crippen LogP contribution is 2.36. The third-order valence-electron chi connectivity index (χ3n) is 2.21. The number of hydrogen-bond acceptors (Lipinski definition) is 5. The van der Waals surface area contributed by atoms with Crippen LogP contribution in [0.5, 0.6) is 0 Å². The van der Waals surface area contributed by atoms with Crippen molar-refractivity contribution in [2.75, 3.05) is 5.73 Å². The molecule has 0 amide bonds. The third-order valence-corrected chi connectivity index (χ3v) is 3.92. The van der Waals surface area contributed by atoms with Crippen LogP contribution in [0.25, 0.3) is 10.4 Å². The van der Waals surface area contributed by atoms with E-state index < -0.39 is 5.60 Å². The molecule has 0 aliphatic carbocycles. The molecule has 0 saturated heterocycles. The van der Waals surface area contributed by atoms with Crippen molar-refractivity contribution in [3.05, 3.63) is 28.5 Å². The number of hydrogen-bond donors (Lipinski definition) is 1.